The molecule has 3 N–H and O–H groups in total. The predicted molar refractivity (Wildman–Crippen MR) is 151 cm³/mol. The van der Waals surface area contributed by atoms with Gasteiger partial charge in [-0.05, 0) is 56.2 Å². The number of hydrogen-bond acceptors (Lipinski definition) is 5. The second-order valence-electron chi connectivity index (χ2n) is 10.3. The van der Waals surface area contributed by atoms with Gasteiger partial charge >= 0.3 is 0 Å². The monoisotopic (exact) mass is 516 g/mol. The van der Waals surface area contributed by atoms with Crippen LogP contribution in [-0.2, 0) is 4.79 Å². The average Bonchev–Trinajstić information content (AvgIpc) is 3.71. The summed E-state index contributed by atoms with van der Waals surface area (Å²) in [5.74, 6) is 0.165. The highest BCUT2D eigenvalue weighted by Crippen LogP contribution is 2.32. The lowest BCUT2D eigenvalue weighted by atomic mass is 9.88. The molecule has 9 heteroatoms. The Kier molecular flexibility index (Phi) is 5.69. The van der Waals surface area contributed by atoms with Gasteiger partial charge in [-0.1, -0.05) is 25.3 Å². The van der Waals surface area contributed by atoms with E-state index in [-0.39, 0.29) is 11.8 Å². The minimum atomic E-state index is 0.0817. The highest BCUT2D eigenvalue weighted by molar-refractivity contribution is 5.97. The summed E-state index contributed by atoms with van der Waals surface area (Å²) in [4.78, 5) is 30.0. The van der Waals surface area contributed by atoms with Crippen molar-refractivity contribution in [2.45, 2.75) is 39.0 Å². The molecule has 0 saturated heterocycles. The van der Waals surface area contributed by atoms with Crippen LogP contribution in [0.4, 0.5) is 5.69 Å². The second kappa shape index (κ2) is 9.50. The number of carbonyl (C=O) groups excluding carboxylic acids is 1. The van der Waals surface area contributed by atoms with E-state index >= 15 is 0 Å². The fourth-order valence-electron chi connectivity index (χ4n) is 5.55. The van der Waals surface area contributed by atoms with Crippen LogP contribution in [-0.4, -0.2) is 40.6 Å². The molecule has 194 valence electrons. The van der Waals surface area contributed by atoms with Crippen molar-refractivity contribution >= 4 is 33.5 Å². The molecule has 7 rings (SSSR count). The number of pyridine rings is 2. The van der Waals surface area contributed by atoms with Crippen molar-refractivity contribution in [3.05, 3.63) is 73.1 Å². The Hall–Kier alpha value is -4.79. The zero-order valence-electron chi connectivity index (χ0n) is 21.6. The molecule has 5 aromatic heterocycles. The number of fused-ring (bicyclic) bond motifs is 2. The van der Waals surface area contributed by atoms with Gasteiger partial charge in [0.05, 0.1) is 46.5 Å². The van der Waals surface area contributed by atoms with Gasteiger partial charge in [-0.3, -0.25) is 14.9 Å². The van der Waals surface area contributed by atoms with Crippen molar-refractivity contribution in [3.8, 4) is 28.3 Å². The van der Waals surface area contributed by atoms with Gasteiger partial charge in [-0.25, -0.2) is 9.97 Å². The third-order valence-electron chi connectivity index (χ3n) is 7.57. The summed E-state index contributed by atoms with van der Waals surface area (Å²) in [6, 6.07) is 14.1. The van der Waals surface area contributed by atoms with Crippen molar-refractivity contribution in [1.82, 2.24) is 34.7 Å². The highest BCUT2D eigenvalue weighted by atomic mass is 16.1. The molecule has 9 nitrogen and oxygen atoms in total. The topological polar surface area (TPSA) is 117 Å². The Morgan fingerprint density at radius 2 is 1.95 bits per heavy atom. The van der Waals surface area contributed by atoms with E-state index in [0.29, 0.717) is 5.69 Å². The summed E-state index contributed by atoms with van der Waals surface area (Å²) >= 11 is 0. The lowest BCUT2D eigenvalue weighted by Crippen LogP contribution is -2.24. The standard InChI is InChI=1S/C30H28N8O/c1-18-16-38(17-32-18)27-9-5-8-24-22(27)13-26(34-24)29-28-25(36-37-29)11-10-23(35-28)20-12-21(15-31-14-20)33-30(39)19-6-3-2-4-7-19/h5,8-17,19,34H,2-4,6-7H2,1H3,(H,33,39)(H,36,37). The number of benzene rings is 1. The van der Waals surface area contributed by atoms with Crippen molar-refractivity contribution < 1.29 is 4.79 Å². The molecular weight excluding hydrogens is 488 g/mol. The van der Waals surface area contributed by atoms with Gasteiger partial charge in [-0.2, -0.15) is 5.10 Å². The summed E-state index contributed by atoms with van der Waals surface area (Å²) in [6.45, 7) is 1.98. The maximum absolute atomic E-state index is 12.8. The summed E-state index contributed by atoms with van der Waals surface area (Å²) in [5.41, 5.74) is 8.51. The van der Waals surface area contributed by atoms with Crippen molar-refractivity contribution in [1.29, 1.82) is 0 Å². The molecule has 1 aliphatic rings. The zero-order valence-corrected chi connectivity index (χ0v) is 21.6. The van der Waals surface area contributed by atoms with Gasteiger partial charge in [0.25, 0.3) is 0 Å². The molecule has 1 aliphatic carbocycles. The van der Waals surface area contributed by atoms with Crippen LogP contribution in [0.25, 0.3) is 50.3 Å². The number of nitrogens with zero attached hydrogens (tertiary/aromatic N) is 5. The first-order chi connectivity index (χ1) is 19.1. The van der Waals surface area contributed by atoms with Crippen LogP contribution in [0.5, 0.6) is 0 Å². The summed E-state index contributed by atoms with van der Waals surface area (Å²) in [5, 5.41) is 11.9. The van der Waals surface area contributed by atoms with Crippen LogP contribution in [0.15, 0.2) is 67.4 Å². The molecule has 1 fully saturated rings. The first kappa shape index (κ1) is 23.3. The minimum Gasteiger partial charge on any atom is -0.353 e. The lowest BCUT2D eigenvalue weighted by molar-refractivity contribution is -0.120. The Balaban J connectivity index is 1.22. The molecule has 39 heavy (non-hydrogen) atoms. The molecule has 0 spiro atoms. The molecule has 0 atom stereocenters. The fourth-order valence-corrected chi connectivity index (χ4v) is 5.55. The number of aryl methyl sites for hydroxylation is 1. The van der Waals surface area contributed by atoms with Crippen LogP contribution < -0.4 is 5.32 Å². The number of carbonyl (C=O) groups is 1. The number of aromatic nitrogens is 7. The summed E-state index contributed by atoms with van der Waals surface area (Å²) < 4.78 is 2.03. The van der Waals surface area contributed by atoms with E-state index in [2.05, 4.69) is 48.7 Å². The normalized spacial score (nSPS) is 14.3. The molecule has 1 aromatic carbocycles. The maximum Gasteiger partial charge on any atom is 0.227 e. The van der Waals surface area contributed by atoms with E-state index < -0.39 is 0 Å². The van der Waals surface area contributed by atoms with E-state index in [4.69, 9.17) is 4.98 Å². The first-order valence-corrected chi connectivity index (χ1v) is 13.4. The van der Waals surface area contributed by atoms with Crippen LogP contribution >= 0.6 is 0 Å². The second-order valence-corrected chi connectivity index (χ2v) is 10.3. The Morgan fingerprint density at radius 3 is 2.79 bits per heavy atom. The third-order valence-corrected chi connectivity index (χ3v) is 7.57. The highest BCUT2D eigenvalue weighted by Gasteiger charge is 2.21. The van der Waals surface area contributed by atoms with Gasteiger partial charge in [-0.15, -0.1) is 0 Å². The van der Waals surface area contributed by atoms with Gasteiger partial charge in [0.15, 0.2) is 0 Å². The number of rotatable bonds is 5. The number of anilines is 1. The number of hydrogen-bond donors (Lipinski definition) is 3. The molecule has 0 unspecified atom stereocenters. The van der Waals surface area contributed by atoms with Crippen LogP contribution in [0, 0.1) is 12.8 Å². The molecule has 5 heterocycles. The van der Waals surface area contributed by atoms with E-state index in [9.17, 15) is 4.79 Å². The largest absolute Gasteiger partial charge is 0.353 e. The van der Waals surface area contributed by atoms with Crippen molar-refractivity contribution in [2.75, 3.05) is 5.32 Å². The lowest BCUT2D eigenvalue weighted by Gasteiger charge is -2.20. The molecule has 0 bridgehead atoms. The number of imidazole rings is 1. The number of amides is 1. The zero-order chi connectivity index (χ0) is 26.3. The van der Waals surface area contributed by atoms with E-state index in [1.165, 1.54) is 6.42 Å². The molecule has 6 aromatic rings. The number of H-pyrrole nitrogens is 2. The summed E-state index contributed by atoms with van der Waals surface area (Å²) in [7, 11) is 0. The van der Waals surface area contributed by atoms with E-state index in [0.717, 1.165) is 81.6 Å². The Bertz CT molecular complexity index is 1820. The van der Waals surface area contributed by atoms with Crippen molar-refractivity contribution in [2.24, 2.45) is 5.92 Å². The molecule has 0 aliphatic heterocycles. The fraction of sp³-hybridized carbons (Fsp3) is 0.233. The predicted octanol–water partition coefficient (Wildman–Crippen LogP) is 6.18. The average molecular weight is 517 g/mol. The molecule has 0 radical (unpaired) electrons. The third kappa shape index (κ3) is 4.35. The Labute approximate surface area is 224 Å². The number of nitrogens with one attached hydrogen (secondary N) is 3. The van der Waals surface area contributed by atoms with Gasteiger partial charge < -0.3 is 14.9 Å². The molecular formula is C30H28N8O. The number of aromatic amines is 2. The van der Waals surface area contributed by atoms with Gasteiger partial charge in [0.2, 0.25) is 5.91 Å². The van der Waals surface area contributed by atoms with Crippen molar-refractivity contribution in [3.63, 3.8) is 0 Å². The van der Waals surface area contributed by atoms with Gasteiger partial charge in [0, 0.05) is 34.8 Å². The van der Waals surface area contributed by atoms with Crippen LogP contribution in [0.1, 0.15) is 37.8 Å². The quantitative estimate of drug-likeness (QED) is 0.253. The molecule has 1 amide bonds. The van der Waals surface area contributed by atoms with Gasteiger partial charge in [0.1, 0.15) is 11.2 Å². The minimum absolute atomic E-state index is 0.0817. The first-order valence-electron chi connectivity index (χ1n) is 13.4. The van der Waals surface area contributed by atoms with E-state index in [1.807, 2.05) is 48.3 Å². The van der Waals surface area contributed by atoms with E-state index in [1.54, 1.807) is 12.4 Å². The summed E-state index contributed by atoms with van der Waals surface area (Å²) in [6.07, 6.45) is 12.7. The molecule has 1 saturated carbocycles. The SMILES string of the molecule is Cc1cn(-c2cccc3[nH]c(-c4n[nH]c5ccc(-c6cncc(NC(=O)C7CCCCC7)c6)nc45)cc23)cn1. The maximum atomic E-state index is 12.8. The van der Waals surface area contributed by atoms with Crippen LogP contribution in [0.3, 0.4) is 0 Å². The van der Waals surface area contributed by atoms with Crippen LogP contribution in [0.2, 0.25) is 0 Å². The Morgan fingerprint density at radius 1 is 1.05 bits per heavy atom. The smallest absolute Gasteiger partial charge is 0.227 e.